The molecule has 1 heterocycles. The molecule has 0 aromatic rings. The van der Waals surface area contributed by atoms with E-state index in [4.69, 9.17) is 4.74 Å². The molecule has 1 fully saturated rings. The lowest BCUT2D eigenvalue weighted by atomic mass is 9.99. The van der Waals surface area contributed by atoms with Gasteiger partial charge < -0.3 is 15.4 Å². The van der Waals surface area contributed by atoms with E-state index in [1.54, 1.807) is 7.05 Å². The zero-order chi connectivity index (χ0) is 19.3. The zero-order valence-electron chi connectivity index (χ0n) is 16.7. The first-order valence-corrected chi connectivity index (χ1v) is 11.7. The predicted octanol–water partition coefficient (Wildman–Crippen LogP) is 1.86. The summed E-state index contributed by atoms with van der Waals surface area (Å²) in [7, 11) is -1.60. The first kappa shape index (κ1) is 23.2. The number of aliphatic imine (C=N–C) groups is 1. The average Bonchev–Trinajstić information content (AvgIpc) is 2.66. The molecule has 1 aliphatic rings. The molecule has 2 unspecified atom stereocenters. The summed E-state index contributed by atoms with van der Waals surface area (Å²) in [4.78, 5) is 4.17. The highest BCUT2D eigenvalue weighted by Gasteiger charge is 2.17. The molecule has 0 aromatic heterocycles. The number of nitrogens with zero attached hydrogens (tertiary/aromatic N) is 1. The monoisotopic (exact) mass is 390 g/mol. The van der Waals surface area contributed by atoms with E-state index >= 15 is 0 Å². The van der Waals surface area contributed by atoms with E-state index in [-0.39, 0.29) is 11.9 Å². The fourth-order valence-electron chi connectivity index (χ4n) is 2.97. The van der Waals surface area contributed by atoms with Gasteiger partial charge in [-0.25, -0.2) is 13.1 Å². The molecule has 0 radical (unpaired) electrons. The summed E-state index contributed by atoms with van der Waals surface area (Å²) in [5, 5.41) is 6.39. The lowest BCUT2D eigenvalue weighted by molar-refractivity contribution is 0.0200. The molecule has 0 aliphatic carbocycles. The maximum absolute atomic E-state index is 12.1. The Morgan fingerprint density at radius 2 is 2.08 bits per heavy atom. The van der Waals surface area contributed by atoms with Crippen LogP contribution >= 0.6 is 0 Å². The van der Waals surface area contributed by atoms with Crippen molar-refractivity contribution >= 4 is 16.0 Å². The van der Waals surface area contributed by atoms with Crippen molar-refractivity contribution in [3.63, 3.8) is 0 Å². The smallest absolute Gasteiger partial charge is 0.213 e. The molecule has 0 aromatic carbocycles. The van der Waals surface area contributed by atoms with E-state index in [1.807, 2.05) is 0 Å². The van der Waals surface area contributed by atoms with Gasteiger partial charge >= 0.3 is 0 Å². The van der Waals surface area contributed by atoms with Gasteiger partial charge in [0.25, 0.3) is 0 Å². The van der Waals surface area contributed by atoms with Crippen LogP contribution in [0.5, 0.6) is 0 Å². The van der Waals surface area contributed by atoms with E-state index in [0.29, 0.717) is 25.0 Å². The van der Waals surface area contributed by atoms with E-state index in [2.05, 4.69) is 34.2 Å². The Balaban J connectivity index is 2.25. The summed E-state index contributed by atoms with van der Waals surface area (Å²) < 4.78 is 32.4. The minimum atomic E-state index is -3.31. The molecule has 7 nitrogen and oxygen atoms in total. The zero-order valence-corrected chi connectivity index (χ0v) is 17.5. The van der Waals surface area contributed by atoms with Crippen LogP contribution in [0.4, 0.5) is 0 Å². The van der Waals surface area contributed by atoms with Crippen molar-refractivity contribution in [2.75, 3.05) is 39.0 Å². The van der Waals surface area contributed by atoms with Crippen LogP contribution in [0.1, 0.15) is 58.8 Å². The fourth-order valence-corrected chi connectivity index (χ4v) is 3.92. The van der Waals surface area contributed by atoms with Gasteiger partial charge in [0, 0.05) is 33.3 Å². The molecule has 2 atom stereocenters. The predicted molar refractivity (Wildman–Crippen MR) is 108 cm³/mol. The molecule has 8 heteroatoms. The quantitative estimate of drug-likeness (QED) is 0.349. The minimum absolute atomic E-state index is 0.00927. The van der Waals surface area contributed by atoms with Crippen molar-refractivity contribution in [1.29, 1.82) is 0 Å². The largest absolute Gasteiger partial charge is 0.377 e. The number of guanidine groups is 1. The van der Waals surface area contributed by atoms with Crippen molar-refractivity contribution in [1.82, 2.24) is 15.4 Å². The molecular formula is C18H38N4O3S. The van der Waals surface area contributed by atoms with Crippen molar-refractivity contribution < 1.29 is 13.2 Å². The van der Waals surface area contributed by atoms with Gasteiger partial charge in [-0.15, -0.1) is 0 Å². The minimum Gasteiger partial charge on any atom is -0.377 e. The summed E-state index contributed by atoms with van der Waals surface area (Å²) in [5.41, 5.74) is 0. The molecule has 0 saturated carbocycles. The number of ether oxygens (including phenoxy) is 1. The Bertz CT molecular complexity index is 491. The lowest BCUT2D eigenvalue weighted by Crippen LogP contribution is -2.43. The average molecular weight is 391 g/mol. The third-order valence-corrected chi connectivity index (χ3v) is 6.14. The molecule has 1 saturated heterocycles. The van der Waals surface area contributed by atoms with E-state index in [9.17, 15) is 8.42 Å². The molecule has 0 amide bonds. The number of rotatable bonds is 12. The highest BCUT2D eigenvalue weighted by Crippen LogP contribution is 2.12. The van der Waals surface area contributed by atoms with Gasteiger partial charge in [0.05, 0.1) is 11.9 Å². The highest BCUT2D eigenvalue weighted by atomic mass is 32.2. The van der Waals surface area contributed by atoms with Crippen molar-refractivity contribution in [3.05, 3.63) is 0 Å². The molecule has 3 N–H and O–H groups in total. The van der Waals surface area contributed by atoms with Gasteiger partial charge in [-0.05, 0) is 31.6 Å². The van der Waals surface area contributed by atoms with E-state index in [1.165, 1.54) is 19.3 Å². The van der Waals surface area contributed by atoms with Crippen LogP contribution in [-0.4, -0.2) is 59.5 Å². The standard InChI is InChI=1S/C18H38N4O3S/c1-4-6-9-16(5-2)14-21-18(19-3)20-11-13-26(23,24)22-15-17-10-7-8-12-25-17/h16-17,22H,4-15H2,1-3H3,(H2,19,20,21). The van der Waals surface area contributed by atoms with Crippen molar-refractivity contribution in [3.8, 4) is 0 Å². The first-order chi connectivity index (χ1) is 12.5. The number of hydrogen-bond acceptors (Lipinski definition) is 4. The first-order valence-electron chi connectivity index (χ1n) is 10.0. The second-order valence-electron chi connectivity index (χ2n) is 6.95. The molecule has 1 rings (SSSR count). The summed E-state index contributed by atoms with van der Waals surface area (Å²) in [6, 6.07) is 0. The Hall–Kier alpha value is -0.860. The van der Waals surface area contributed by atoms with Crippen LogP contribution in [0.2, 0.25) is 0 Å². The van der Waals surface area contributed by atoms with Crippen LogP contribution < -0.4 is 15.4 Å². The molecule has 154 valence electrons. The van der Waals surface area contributed by atoms with Crippen LogP contribution in [0.3, 0.4) is 0 Å². The van der Waals surface area contributed by atoms with Gasteiger partial charge in [-0.1, -0.05) is 33.1 Å². The lowest BCUT2D eigenvalue weighted by Gasteiger charge is -2.22. The maximum atomic E-state index is 12.1. The van der Waals surface area contributed by atoms with Crippen molar-refractivity contribution in [2.24, 2.45) is 10.9 Å². The Labute approximate surface area is 159 Å². The van der Waals surface area contributed by atoms with Crippen LogP contribution in [-0.2, 0) is 14.8 Å². The second kappa shape index (κ2) is 13.3. The van der Waals surface area contributed by atoms with Crippen LogP contribution in [0.15, 0.2) is 4.99 Å². The van der Waals surface area contributed by atoms with Crippen LogP contribution in [0.25, 0.3) is 0 Å². The third-order valence-electron chi connectivity index (χ3n) is 4.79. The van der Waals surface area contributed by atoms with Gasteiger partial charge in [-0.2, -0.15) is 0 Å². The molecule has 0 spiro atoms. The molecule has 1 aliphatic heterocycles. The highest BCUT2D eigenvalue weighted by molar-refractivity contribution is 7.89. The number of nitrogens with one attached hydrogen (secondary N) is 3. The van der Waals surface area contributed by atoms with E-state index in [0.717, 1.165) is 38.8 Å². The summed E-state index contributed by atoms with van der Waals surface area (Å²) >= 11 is 0. The number of sulfonamides is 1. The summed E-state index contributed by atoms with van der Waals surface area (Å²) in [6.07, 6.45) is 7.89. The molecular weight excluding hydrogens is 352 g/mol. The Morgan fingerprint density at radius 3 is 2.69 bits per heavy atom. The van der Waals surface area contributed by atoms with Crippen LogP contribution in [0, 0.1) is 5.92 Å². The molecule has 26 heavy (non-hydrogen) atoms. The third kappa shape index (κ3) is 10.3. The Kier molecular flexibility index (Phi) is 11.9. The summed E-state index contributed by atoms with van der Waals surface area (Å²) in [6.45, 7) is 6.69. The normalized spacial score (nSPS) is 20.0. The molecule has 0 bridgehead atoms. The maximum Gasteiger partial charge on any atom is 0.213 e. The van der Waals surface area contributed by atoms with Gasteiger partial charge in [0.1, 0.15) is 0 Å². The summed E-state index contributed by atoms with van der Waals surface area (Å²) in [5.74, 6) is 1.30. The topological polar surface area (TPSA) is 91.8 Å². The van der Waals surface area contributed by atoms with Crippen molar-refractivity contribution in [2.45, 2.75) is 64.9 Å². The van der Waals surface area contributed by atoms with Gasteiger partial charge in [0.2, 0.25) is 10.0 Å². The van der Waals surface area contributed by atoms with E-state index < -0.39 is 10.0 Å². The van der Waals surface area contributed by atoms with Gasteiger partial charge in [0.15, 0.2) is 5.96 Å². The SMILES string of the molecule is CCCCC(CC)CNC(=NC)NCCS(=O)(=O)NCC1CCCCO1. The van der Waals surface area contributed by atoms with Gasteiger partial charge in [-0.3, -0.25) is 4.99 Å². The second-order valence-corrected chi connectivity index (χ2v) is 8.88. The number of unbranched alkanes of at least 4 members (excludes halogenated alkanes) is 1. The fraction of sp³-hybridized carbons (Fsp3) is 0.944. The number of hydrogen-bond donors (Lipinski definition) is 3. The Morgan fingerprint density at radius 1 is 1.27 bits per heavy atom.